The molecule has 0 saturated heterocycles. The van der Waals surface area contributed by atoms with E-state index in [1.54, 1.807) is 6.20 Å². The second-order valence-electron chi connectivity index (χ2n) is 4.78. The molecule has 98 valence electrons. The molecule has 3 rings (SSSR count). The molecule has 0 radical (unpaired) electrons. The lowest BCUT2D eigenvalue weighted by molar-refractivity contribution is 0.0707. The molecule has 1 aromatic heterocycles. The first-order valence-corrected chi connectivity index (χ1v) is 6.31. The lowest BCUT2D eigenvalue weighted by Gasteiger charge is -2.28. The van der Waals surface area contributed by atoms with E-state index in [4.69, 9.17) is 5.73 Å². The molecule has 0 saturated carbocycles. The molecule has 0 aliphatic carbocycles. The Labute approximate surface area is 111 Å². The van der Waals surface area contributed by atoms with Gasteiger partial charge in [-0.05, 0) is 24.6 Å². The first-order valence-electron chi connectivity index (χ1n) is 6.31. The second kappa shape index (κ2) is 4.42. The van der Waals surface area contributed by atoms with Gasteiger partial charge in [-0.25, -0.2) is 4.98 Å². The highest BCUT2D eigenvalue weighted by atomic mass is 16.2. The summed E-state index contributed by atoms with van der Waals surface area (Å²) in [5.74, 6) is 0.959. The molecule has 0 fully saturated rings. The van der Waals surface area contributed by atoms with Crippen LogP contribution in [0, 0.1) is 6.92 Å². The third kappa shape index (κ3) is 1.97. The molecule has 1 aliphatic rings. The fourth-order valence-corrected chi connectivity index (χ4v) is 2.40. The highest BCUT2D eigenvalue weighted by Gasteiger charge is 2.23. The topological polar surface area (TPSA) is 64.2 Å². The Balaban J connectivity index is 1.88. The van der Waals surface area contributed by atoms with Gasteiger partial charge < -0.3 is 15.2 Å². The summed E-state index contributed by atoms with van der Waals surface area (Å²) < 4.78 is 2.08. The lowest BCUT2D eigenvalue weighted by atomic mass is 10.1. The number of carbonyl (C=O) groups is 1. The Morgan fingerprint density at radius 1 is 1.37 bits per heavy atom. The number of nitrogen functional groups attached to an aromatic ring is 1. The minimum Gasteiger partial charge on any atom is -0.398 e. The van der Waals surface area contributed by atoms with Crippen molar-refractivity contribution in [1.82, 2.24) is 14.5 Å². The van der Waals surface area contributed by atoms with E-state index in [0.29, 0.717) is 24.3 Å². The molecule has 0 spiro atoms. The van der Waals surface area contributed by atoms with E-state index in [1.807, 2.05) is 36.2 Å². The van der Waals surface area contributed by atoms with Gasteiger partial charge in [0.05, 0.1) is 6.54 Å². The van der Waals surface area contributed by atoms with Crippen molar-refractivity contribution >= 4 is 11.6 Å². The molecule has 19 heavy (non-hydrogen) atoms. The summed E-state index contributed by atoms with van der Waals surface area (Å²) >= 11 is 0. The molecular formula is C14H16N4O. The number of imidazole rings is 1. The summed E-state index contributed by atoms with van der Waals surface area (Å²) in [5.41, 5.74) is 8.05. The van der Waals surface area contributed by atoms with E-state index in [9.17, 15) is 4.79 Å². The number of rotatable bonds is 1. The summed E-state index contributed by atoms with van der Waals surface area (Å²) in [7, 11) is 0. The third-order valence-electron chi connectivity index (χ3n) is 3.64. The maximum absolute atomic E-state index is 12.5. The zero-order valence-corrected chi connectivity index (χ0v) is 10.8. The number of nitrogens with two attached hydrogens (primary N) is 1. The highest BCUT2D eigenvalue weighted by Crippen LogP contribution is 2.20. The van der Waals surface area contributed by atoms with Crippen molar-refractivity contribution in [2.45, 2.75) is 20.0 Å². The number of nitrogens with zero attached hydrogens (tertiary/aromatic N) is 3. The predicted octanol–water partition coefficient (Wildman–Crippen LogP) is 1.43. The Hall–Kier alpha value is -2.30. The highest BCUT2D eigenvalue weighted by molar-refractivity contribution is 5.96. The van der Waals surface area contributed by atoms with Gasteiger partial charge in [0.15, 0.2) is 0 Å². The van der Waals surface area contributed by atoms with E-state index in [-0.39, 0.29) is 5.91 Å². The van der Waals surface area contributed by atoms with Gasteiger partial charge in [-0.3, -0.25) is 4.79 Å². The SMILES string of the molecule is Cc1c(N)cccc1C(=O)N1CCn2ccnc2C1. The van der Waals surface area contributed by atoms with Crippen LogP contribution < -0.4 is 5.73 Å². The molecule has 2 aromatic rings. The maximum Gasteiger partial charge on any atom is 0.254 e. The molecule has 1 aromatic carbocycles. The van der Waals surface area contributed by atoms with Crippen LogP contribution in [0.25, 0.3) is 0 Å². The van der Waals surface area contributed by atoms with Crippen molar-refractivity contribution < 1.29 is 4.79 Å². The number of benzene rings is 1. The first kappa shape index (κ1) is 11.8. The zero-order valence-electron chi connectivity index (χ0n) is 10.8. The predicted molar refractivity (Wildman–Crippen MR) is 72.6 cm³/mol. The van der Waals surface area contributed by atoms with Gasteiger partial charge in [-0.2, -0.15) is 0 Å². The van der Waals surface area contributed by atoms with Gasteiger partial charge in [0, 0.05) is 36.7 Å². The van der Waals surface area contributed by atoms with Crippen LogP contribution in [-0.4, -0.2) is 26.9 Å². The Morgan fingerprint density at radius 3 is 3.05 bits per heavy atom. The van der Waals surface area contributed by atoms with E-state index in [1.165, 1.54) is 0 Å². The number of carbonyl (C=O) groups excluding carboxylic acids is 1. The van der Waals surface area contributed by atoms with Gasteiger partial charge in [0.25, 0.3) is 5.91 Å². The fourth-order valence-electron chi connectivity index (χ4n) is 2.40. The zero-order chi connectivity index (χ0) is 13.4. The Kier molecular flexibility index (Phi) is 2.74. The average molecular weight is 256 g/mol. The molecular weight excluding hydrogens is 240 g/mol. The molecule has 2 N–H and O–H groups in total. The maximum atomic E-state index is 12.5. The van der Waals surface area contributed by atoms with Crippen LogP contribution >= 0.6 is 0 Å². The van der Waals surface area contributed by atoms with Crippen LogP contribution in [0.1, 0.15) is 21.7 Å². The van der Waals surface area contributed by atoms with E-state index in [0.717, 1.165) is 17.9 Å². The van der Waals surface area contributed by atoms with E-state index < -0.39 is 0 Å². The molecule has 0 unspecified atom stereocenters. The van der Waals surface area contributed by atoms with Gasteiger partial charge >= 0.3 is 0 Å². The first-order chi connectivity index (χ1) is 9.16. The monoisotopic (exact) mass is 256 g/mol. The molecule has 2 heterocycles. The average Bonchev–Trinajstić information content (AvgIpc) is 2.88. The van der Waals surface area contributed by atoms with Gasteiger partial charge in [0.2, 0.25) is 0 Å². The van der Waals surface area contributed by atoms with Crippen molar-refractivity contribution in [2.75, 3.05) is 12.3 Å². The van der Waals surface area contributed by atoms with Crippen LogP contribution in [-0.2, 0) is 13.1 Å². The van der Waals surface area contributed by atoms with Crippen LogP contribution in [0.3, 0.4) is 0 Å². The molecule has 5 nitrogen and oxygen atoms in total. The van der Waals surface area contributed by atoms with Crippen molar-refractivity contribution in [1.29, 1.82) is 0 Å². The summed E-state index contributed by atoms with van der Waals surface area (Å²) in [6.45, 7) is 3.94. The Bertz CT molecular complexity index is 632. The quantitative estimate of drug-likeness (QED) is 0.785. The smallest absolute Gasteiger partial charge is 0.254 e. The standard InChI is InChI=1S/C14H16N4O/c1-10-11(3-2-4-12(10)15)14(19)18-8-7-17-6-5-16-13(17)9-18/h2-6H,7-9,15H2,1H3. The molecule has 0 bridgehead atoms. The van der Waals surface area contributed by atoms with Crippen LogP contribution in [0.2, 0.25) is 0 Å². The van der Waals surface area contributed by atoms with Crippen LogP contribution in [0.15, 0.2) is 30.6 Å². The largest absolute Gasteiger partial charge is 0.398 e. The number of anilines is 1. The number of hydrogen-bond donors (Lipinski definition) is 1. The Morgan fingerprint density at radius 2 is 2.21 bits per heavy atom. The summed E-state index contributed by atoms with van der Waals surface area (Å²) in [5, 5.41) is 0. The number of amides is 1. The van der Waals surface area contributed by atoms with Crippen molar-refractivity contribution in [3.05, 3.63) is 47.5 Å². The summed E-state index contributed by atoms with van der Waals surface area (Å²) in [6, 6.07) is 5.46. The van der Waals surface area contributed by atoms with E-state index >= 15 is 0 Å². The molecule has 0 atom stereocenters. The molecule has 1 amide bonds. The summed E-state index contributed by atoms with van der Waals surface area (Å²) in [6.07, 6.45) is 3.72. The van der Waals surface area contributed by atoms with Gasteiger partial charge in [-0.15, -0.1) is 0 Å². The van der Waals surface area contributed by atoms with Gasteiger partial charge in [0.1, 0.15) is 5.82 Å². The summed E-state index contributed by atoms with van der Waals surface area (Å²) in [4.78, 5) is 18.6. The number of aromatic nitrogens is 2. The number of hydrogen-bond acceptors (Lipinski definition) is 3. The second-order valence-corrected chi connectivity index (χ2v) is 4.78. The van der Waals surface area contributed by atoms with Crippen molar-refractivity contribution in [2.24, 2.45) is 0 Å². The molecule has 5 heteroatoms. The lowest BCUT2D eigenvalue weighted by Crippen LogP contribution is -2.38. The van der Waals surface area contributed by atoms with Gasteiger partial charge in [-0.1, -0.05) is 6.07 Å². The van der Waals surface area contributed by atoms with E-state index in [2.05, 4.69) is 9.55 Å². The number of fused-ring (bicyclic) bond motifs is 1. The minimum absolute atomic E-state index is 0.0269. The fraction of sp³-hybridized carbons (Fsp3) is 0.286. The normalized spacial score (nSPS) is 14.3. The minimum atomic E-state index is 0.0269. The van der Waals surface area contributed by atoms with Crippen molar-refractivity contribution in [3.63, 3.8) is 0 Å². The van der Waals surface area contributed by atoms with Crippen LogP contribution in [0.4, 0.5) is 5.69 Å². The molecule has 1 aliphatic heterocycles. The van der Waals surface area contributed by atoms with Crippen LogP contribution in [0.5, 0.6) is 0 Å². The third-order valence-corrected chi connectivity index (χ3v) is 3.64. The van der Waals surface area contributed by atoms with Crippen molar-refractivity contribution in [3.8, 4) is 0 Å².